The minimum absolute atomic E-state index is 0.0214. The highest BCUT2D eigenvalue weighted by molar-refractivity contribution is 5.77. The van der Waals surface area contributed by atoms with Gasteiger partial charge in [0.2, 0.25) is 5.91 Å². The van der Waals surface area contributed by atoms with Gasteiger partial charge >= 0.3 is 5.97 Å². The molecular weight excluding hydrogens is 244 g/mol. The summed E-state index contributed by atoms with van der Waals surface area (Å²) in [5.41, 5.74) is 0.952. The van der Waals surface area contributed by atoms with Crippen LogP contribution < -0.4 is 0 Å². The van der Waals surface area contributed by atoms with Crippen LogP contribution in [-0.2, 0) is 20.9 Å². The van der Waals surface area contributed by atoms with Crippen LogP contribution in [0.5, 0.6) is 0 Å². The van der Waals surface area contributed by atoms with Crippen molar-refractivity contribution in [1.29, 1.82) is 0 Å². The van der Waals surface area contributed by atoms with E-state index in [1.165, 1.54) is 0 Å². The minimum atomic E-state index is -0.275. The predicted octanol–water partition coefficient (Wildman–Crippen LogP) is 1.77. The maximum absolute atomic E-state index is 11.8. The Kier molecular flexibility index (Phi) is 6.57. The lowest BCUT2D eigenvalue weighted by molar-refractivity contribution is -0.144. The average Bonchev–Trinajstić information content (AvgIpc) is 2.44. The number of carbonyl (C=O) groups excluding carboxylic acids is 2. The van der Waals surface area contributed by atoms with Crippen molar-refractivity contribution < 1.29 is 14.3 Å². The molecule has 0 saturated heterocycles. The first-order valence-corrected chi connectivity index (χ1v) is 6.49. The van der Waals surface area contributed by atoms with E-state index in [0.717, 1.165) is 5.56 Å². The molecule has 0 bridgehead atoms. The second-order valence-electron chi connectivity index (χ2n) is 4.09. The molecule has 104 valence electrons. The highest BCUT2D eigenvalue weighted by Crippen LogP contribution is 2.06. The fraction of sp³-hybridized carbons (Fsp3) is 0.500. The first-order chi connectivity index (χ1) is 9.17. The monoisotopic (exact) mass is 264 g/mol. The molecule has 0 aliphatic heterocycles. The fourth-order valence-electron chi connectivity index (χ4n) is 1.69. The molecule has 0 unspecified atom stereocenters. The van der Waals surface area contributed by atoms with E-state index in [1.54, 1.807) is 24.2 Å². The number of pyridine rings is 1. The van der Waals surface area contributed by atoms with Gasteiger partial charge in [0.1, 0.15) is 0 Å². The Bertz CT molecular complexity index is 406. The van der Waals surface area contributed by atoms with Crippen LogP contribution in [-0.4, -0.2) is 34.9 Å². The van der Waals surface area contributed by atoms with Gasteiger partial charge in [-0.25, -0.2) is 0 Å². The summed E-state index contributed by atoms with van der Waals surface area (Å²) in [4.78, 5) is 28.9. The van der Waals surface area contributed by atoms with Crippen molar-refractivity contribution in [1.82, 2.24) is 9.88 Å². The third-order valence-electron chi connectivity index (χ3n) is 2.64. The number of ether oxygens (including phenoxy) is 1. The van der Waals surface area contributed by atoms with Crippen LogP contribution in [0, 0.1) is 0 Å². The molecule has 1 heterocycles. The topological polar surface area (TPSA) is 59.5 Å². The van der Waals surface area contributed by atoms with Crippen LogP contribution in [0.4, 0.5) is 0 Å². The molecule has 1 aromatic rings. The molecule has 0 saturated carbocycles. The molecule has 0 aromatic carbocycles. The second kappa shape index (κ2) is 8.24. The largest absolute Gasteiger partial charge is 0.466 e. The molecule has 0 aliphatic rings. The molecule has 5 heteroatoms. The molecule has 0 radical (unpaired) electrons. The molecule has 19 heavy (non-hydrogen) atoms. The van der Waals surface area contributed by atoms with Gasteiger partial charge in [0, 0.05) is 31.9 Å². The molecule has 1 aromatic heterocycles. The summed E-state index contributed by atoms with van der Waals surface area (Å²) in [6, 6.07) is 3.74. The minimum Gasteiger partial charge on any atom is -0.466 e. The lowest BCUT2D eigenvalue weighted by atomic mass is 10.2. The van der Waals surface area contributed by atoms with Crippen LogP contribution >= 0.6 is 0 Å². The highest BCUT2D eigenvalue weighted by atomic mass is 16.5. The van der Waals surface area contributed by atoms with Gasteiger partial charge in [0.05, 0.1) is 13.0 Å². The third-order valence-corrected chi connectivity index (χ3v) is 2.64. The first kappa shape index (κ1) is 15.1. The number of aromatic nitrogens is 1. The number of esters is 1. The van der Waals surface area contributed by atoms with Crippen LogP contribution in [0.1, 0.15) is 32.3 Å². The summed E-state index contributed by atoms with van der Waals surface area (Å²) in [6.07, 6.45) is 4.05. The zero-order chi connectivity index (χ0) is 14.1. The number of amides is 1. The van der Waals surface area contributed by atoms with E-state index in [4.69, 9.17) is 4.74 Å². The van der Waals surface area contributed by atoms with Gasteiger partial charge in [0.15, 0.2) is 0 Å². The molecule has 1 rings (SSSR count). The summed E-state index contributed by atoms with van der Waals surface area (Å²) < 4.78 is 4.87. The Morgan fingerprint density at radius 3 is 2.74 bits per heavy atom. The molecular formula is C14H20N2O3. The average molecular weight is 264 g/mol. The second-order valence-corrected chi connectivity index (χ2v) is 4.09. The standard InChI is InChI=1S/C14H20N2O3/c1-3-13(17)16(9-7-14(18)19-4-2)11-12-6-5-8-15-10-12/h5-6,8,10H,3-4,7,9,11H2,1-2H3. The van der Waals surface area contributed by atoms with Gasteiger partial charge in [-0.2, -0.15) is 0 Å². The van der Waals surface area contributed by atoms with Crippen molar-refractivity contribution in [3.05, 3.63) is 30.1 Å². The highest BCUT2D eigenvalue weighted by Gasteiger charge is 2.14. The summed E-state index contributed by atoms with van der Waals surface area (Å²) in [5.74, 6) is -0.254. The van der Waals surface area contributed by atoms with Crippen molar-refractivity contribution in [2.24, 2.45) is 0 Å². The predicted molar refractivity (Wildman–Crippen MR) is 71.2 cm³/mol. The van der Waals surface area contributed by atoms with Crippen molar-refractivity contribution in [2.45, 2.75) is 33.2 Å². The fourth-order valence-corrected chi connectivity index (χ4v) is 1.69. The summed E-state index contributed by atoms with van der Waals surface area (Å²) >= 11 is 0. The molecule has 5 nitrogen and oxygen atoms in total. The van der Waals surface area contributed by atoms with Gasteiger partial charge in [-0.05, 0) is 18.6 Å². The smallest absolute Gasteiger partial charge is 0.307 e. The van der Waals surface area contributed by atoms with Crippen molar-refractivity contribution >= 4 is 11.9 Å². The van der Waals surface area contributed by atoms with Crippen molar-refractivity contribution in [3.8, 4) is 0 Å². The van der Waals surface area contributed by atoms with Gasteiger partial charge < -0.3 is 9.64 Å². The maximum Gasteiger partial charge on any atom is 0.307 e. The van der Waals surface area contributed by atoms with E-state index in [-0.39, 0.29) is 18.3 Å². The number of hydrogen-bond donors (Lipinski definition) is 0. The van der Waals surface area contributed by atoms with Crippen LogP contribution in [0.15, 0.2) is 24.5 Å². The van der Waals surface area contributed by atoms with E-state index in [0.29, 0.717) is 26.1 Å². The van der Waals surface area contributed by atoms with E-state index in [1.807, 2.05) is 19.1 Å². The van der Waals surface area contributed by atoms with E-state index in [2.05, 4.69) is 4.98 Å². The lowest BCUT2D eigenvalue weighted by Crippen LogP contribution is -2.32. The molecule has 0 N–H and O–H groups in total. The molecule has 1 amide bonds. The SMILES string of the molecule is CCOC(=O)CCN(Cc1cccnc1)C(=O)CC. The Labute approximate surface area is 113 Å². The van der Waals surface area contributed by atoms with Gasteiger partial charge in [-0.3, -0.25) is 14.6 Å². The van der Waals surface area contributed by atoms with E-state index >= 15 is 0 Å². The summed E-state index contributed by atoms with van der Waals surface area (Å²) in [6.45, 7) is 4.79. The number of rotatable bonds is 7. The molecule has 0 fully saturated rings. The zero-order valence-corrected chi connectivity index (χ0v) is 11.5. The van der Waals surface area contributed by atoms with Gasteiger partial charge in [0.25, 0.3) is 0 Å². The Balaban J connectivity index is 2.57. The normalized spacial score (nSPS) is 10.0. The Morgan fingerprint density at radius 2 is 2.16 bits per heavy atom. The Morgan fingerprint density at radius 1 is 1.37 bits per heavy atom. The summed E-state index contributed by atoms with van der Waals surface area (Å²) in [5, 5.41) is 0. The van der Waals surface area contributed by atoms with Crippen LogP contribution in [0.25, 0.3) is 0 Å². The third kappa shape index (κ3) is 5.50. The number of hydrogen-bond acceptors (Lipinski definition) is 4. The van der Waals surface area contributed by atoms with E-state index < -0.39 is 0 Å². The van der Waals surface area contributed by atoms with Crippen LogP contribution in [0.3, 0.4) is 0 Å². The van der Waals surface area contributed by atoms with Crippen LogP contribution in [0.2, 0.25) is 0 Å². The molecule has 0 aliphatic carbocycles. The van der Waals surface area contributed by atoms with Gasteiger partial charge in [-0.1, -0.05) is 13.0 Å². The number of nitrogens with zero attached hydrogens (tertiary/aromatic N) is 2. The van der Waals surface area contributed by atoms with Crippen molar-refractivity contribution in [2.75, 3.05) is 13.2 Å². The van der Waals surface area contributed by atoms with Crippen molar-refractivity contribution in [3.63, 3.8) is 0 Å². The zero-order valence-electron chi connectivity index (χ0n) is 11.5. The molecule has 0 spiro atoms. The quantitative estimate of drug-likeness (QED) is 0.704. The Hall–Kier alpha value is -1.91. The first-order valence-electron chi connectivity index (χ1n) is 6.49. The van der Waals surface area contributed by atoms with E-state index in [9.17, 15) is 9.59 Å². The van der Waals surface area contributed by atoms with Gasteiger partial charge in [-0.15, -0.1) is 0 Å². The lowest BCUT2D eigenvalue weighted by Gasteiger charge is -2.21. The number of carbonyl (C=O) groups is 2. The maximum atomic E-state index is 11.8. The molecule has 0 atom stereocenters. The summed E-state index contributed by atoms with van der Waals surface area (Å²) in [7, 11) is 0.